The molecule has 5 rings (SSSR count). The molecule has 0 saturated carbocycles. The number of rotatable bonds is 6. The normalized spacial score (nSPS) is 18.8. The maximum atomic E-state index is 15.6. The molecule has 0 radical (unpaired) electrons. The minimum absolute atomic E-state index is 0.0569. The van der Waals surface area contributed by atoms with Crippen molar-refractivity contribution in [1.82, 2.24) is 24.4 Å². The molecule has 4 heterocycles. The number of halogens is 3. The Kier molecular flexibility index (Phi) is 6.76. The molecule has 1 aromatic carbocycles. The van der Waals surface area contributed by atoms with Gasteiger partial charge in [-0.2, -0.15) is 4.98 Å². The molecule has 3 aromatic heterocycles. The van der Waals surface area contributed by atoms with Crippen LogP contribution in [0.25, 0.3) is 34.1 Å². The van der Waals surface area contributed by atoms with E-state index in [1.165, 1.54) is 35.4 Å². The number of hydrogen-bond donors (Lipinski definition) is 0. The van der Waals surface area contributed by atoms with Gasteiger partial charge in [-0.1, -0.05) is 56.8 Å². The maximum absolute atomic E-state index is 15.6. The zero-order chi connectivity index (χ0) is 36.1. The summed E-state index contributed by atoms with van der Waals surface area (Å²) in [4.78, 5) is 43.5. The Hall–Kier alpha value is -4.44. The van der Waals surface area contributed by atoms with Crippen LogP contribution in [0.4, 0.5) is 14.6 Å². The van der Waals surface area contributed by atoms with E-state index >= 15 is 4.39 Å². The highest BCUT2D eigenvalue weighted by molar-refractivity contribution is 6.34. The lowest BCUT2D eigenvalue weighted by molar-refractivity contribution is -0.129. The van der Waals surface area contributed by atoms with Crippen LogP contribution in [0, 0.1) is 12.7 Å². The topological polar surface area (TPSA) is 84.2 Å². The maximum Gasteiger partial charge on any atom is 0.355 e. The highest BCUT2D eigenvalue weighted by atomic mass is 35.5. The summed E-state index contributed by atoms with van der Waals surface area (Å²) in [6.07, 6.45) is 2.46. The largest absolute Gasteiger partial charge is 0.355 e. The van der Waals surface area contributed by atoms with Gasteiger partial charge >= 0.3 is 5.69 Å². The number of carbonyl (C=O) groups is 1. The standard InChI is InChI=1S/C33H33ClF2N6O2/c1-8-22-10-9-11-25(36)26(22)28-24(34)14-23-30(38-28)42(29-18(4)12-13-37-27(29)17(2)3)33(44)39-31(23)41-19(5)15-40(16-20(41)6)32(43)21(7)35/h8-14,17,19-20H,1,7,15-16H2,2-6H3/t19-,20-/m0/s1/i1D2,4D3. The van der Waals surface area contributed by atoms with Crippen LogP contribution < -0.4 is 10.6 Å². The number of anilines is 1. The number of nitrogens with zero attached hydrogens (tertiary/aromatic N) is 6. The van der Waals surface area contributed by atoms with Crippen LogP contribution in [0.15, 0.2) is 60.3 Å². The monoisotopic (exact) mass is 623 g/mol. The molecule has 0 unspecified atom stereocenters. The minimum atomic E-state index is -2.70. The van der Waals surface area contributed by atoms with E-state index in [9.17, 15) is 14.0 Å². The third kappa shape index (κ3) is 5.27. The molecule has 1 amide bonds. The molecule has 4 aromatic rings. The fourth-order valence-electron chi connectivity index (χ4n) is 5.80. The first-order chi connectivity index (χ1) is 22.9. The fraction of sp³-hybridized carbons (Fsp3) is 0.303. The number of carbonyl (C=O) groups excluding carboxylic acids is 1. The molecule has 0 aliphatic carbocycles. The number of hydrogen-bond acceptors (Lipinski definition) is 6. The van der Waals surface area contributed by atoms with Crippen molar-refractivity contribution >= 4 is 40.4 Å². The van der Waals surface area contributed by atoms with Gasteiger partial charge in [0.1, 0.15) is 11.6 Å². The highest BCUT2D eigenvalue weighted by Crippen LogP contribution is 2.38. The molecule has 44 heavy (non-hydrogen) atoms. The molecule has 0 spiro atoms. The first-order valence-electron chi connectivity index (χ1n) is 16.4. The van der Waals surface area contributed by atoms with Crippen LogP contribution in [0.3, 0.4) is 0 Å². The molecule has 1 saturated heterocycles. The van der Waals surface area contributed by atoms with Gasteiger partial charge in [0, 0.05) is 41.0 Å². The van der Waals surface area contributed by atoms with Crippen LogP contribution in [-0.4, -0.2) is 55.5 Å². The van der Waals surface area contributed by atoms with Gasteiger partial charge in [0.05, 0.1) is 30.2 Å². The average molecular weight is 624 g/mol. The summed E-state index contributed by atoms with van der Waals surface area (Å²) >= 11 is 6.84. The van der Waals surface area contributed by atoms with E-state index in [-0.39, 0.29) is 74.6 Å². The zero-order valence-electron chi connectivity index (χ0n) is 29.5. The van der Waals surface area contributed by atoms with Crippen molar-refractivity contribution in [2.75, 3.05) is 18.0 Å². The summed E-state index contributed by atoms with van der Waals surface area (Å²) in [6.45, 7) is 7.04. The van der Waals surface area contributed by atoms with Gasteiger partial charge in [0.25, 0.3) is 5.91 Å². The van der Waals surface area contributed by atoms with Crippen LogP contribution in [-0.2, 0) is 4.79 Å². The van der Waals surface area contributed by atoms with E-state index in [0.29, 0.717) is 0 Å². The molecule has 228 valence electrons. The Morgan fingerprint density at radius 3 is 2.59 bits per heavy atom. The lowest BCUT2D eigenvalue weighted by Gasteiger charge is -2.45. The number of piperazine rings is 1. The quantitative estimate of drug-likeness (QED) is 0.225. The predicted octanol–water partition coefficient (Wildman–Crippen LogP) is 6.62. The van der Waals surface area contributed by atoms with E-state index in [1.807, 2.05) is 0 Å². The van der Waals surface area contributed by atoms with Gasteiger partial charge in [-0.3, -0.25) is 9.78 Å². The Bertz CT molecular complexity index is 2070. The van der Waals surface area contributed by atoms with Crippen molar-refractivity contribution in [3.8, 4) is 16.9 Å². The zero-order valence-corrected chi connectivity index (χ0v) is 25.3. The van der Waals surface area contributed by atoms with Crippen LogP contribution in [0.5, 0.6) is 0 Å². The molecule has 8 nitrogen and oxygen atoms in total. The summed E-state index contributed by atoms with van der Waals surface area (Å²) in [6, 6.07) is 5.77. The second-order valence-electron chi connectivity index (χ2n) is 11.1. The molecule has 1 fully saturated rings. The van der Waals surface area contributed by atoms with E-state index < -0.39 is 48.7 Å². The number of aryl methyl sites for hydroxylation is 1. The fourth-order valence-corrected chi connectivity index (χ4v) is 6.04. The van der Waals surface area contributed by atoms with Crippen molar-refractivity contribution in [2.45, 2.75) is 52.5 Å². The molecular weight excluding hydrogens is 586 g/mol. The van der Waals surface area contributed by atoms with E-state index in [4.69, 9.17) is 23.4 Å². The van der Waals surface area contributed by atoms with Gasteiger partial charge in [-0.05, 0) is 55.9 Å². The van der Waals surface area contributed by atoms with Gasteiger partial charge in [0.15, 0.2) is 11.5 Å². The number of benzene rings is 1. The van der Waals surface area contributed by atoms with Crippen molar-refractivity contribution < 1.29 is 20.4 Å². The first kappa shape index (κ1) is 24.9. The number of amides is 1. The lowest BCUT2D eigenvalue weighted by Crippen LogP contribution is -2.59. The van der Waals surface area contributed by atoms with Crippen LogP contribution in [0.1, 0.15) is 57.3 Å². The molecule has 1 aliphatic rings. The number of aromatic nitrogens is 4. The minimum Gasteiger partial charge on any atom is -0.347 e. The van der Waals surface area contributed by atoms with E-state index in [0.717, 1.165) is 16.7 Å². The summed E-state index contributed by atoms with van der Waals surface area (Å²) in [5, 5.41) is 0.137. The molecule has 0 bridgehead atoms. The molecular formula is C33H33ClF2N6O2. The van der Waals surface area contributed by atoms with Gasteiger partial charge in [-0.15, -0.1) is 0 Å². The molecule has 11 heteroatoms. The summed E-state index contributed by atoms with van der Waals surface area (Å²) in [7, 11) is 0. The lowest BCUT2D eigenvalue weighted by atomic mass is 10.0. The number of pyridine rings is 2. The second-order valence-corrected chi connectivity index (χ2v) is 11.5. The Morgan fingerprint density at radius 2 is 1.95 bits per heavy atom. The highest BCUT2D eigenvalue weighted by Gasteiger charge is 2.36. The van der Waals surface area contributed by atoms with Crippen molar-refractivity contribution in [3.05, 3.63) is 93.6 Å². The van der Waals surface area contributed by atoms with E-state index in [1.54, 1.807) is 32.6 Å². The van der Waals surface area contributed by atoms with Crippen LogP contribution in [0.2, 0.25) is 5.02 Å². The Morgan fingerprint density at radius 1 is 1.23 bits per heavy atom. The molecule has 0 N–H and O–H groups in total. The summed E-state index contributed by atoms with van der Waals surface area (Å²) in [5.74, 6) is -2.97. The third-order valence-corrected chi connectivity index (χ3v) is 7.93. The Balaban J connectivity index is 1.91. The van der Waals surface area contributed by atoms with E-state index in [2.05, 4.69) is 16.5 Å². The van der Waals surface area contributed by atoms with Gasteiger partial charge < -0.3 is 9.80 Å². The van der Waals surface area contributed by atoms with Gasteiger partial charge in [0.2, 0.25) is 0 Å². The summed E-state index contributed by atoms with van der Waals surface area (Å²) < 4.78 is 70.7. The second kappa shape index (κ2) is 11.9. The molecule has 2 atom stereocenters. The molecule has 1 aliphatic heterocycles. The van der Waals surface area contributed by atoms with Crippen LogP contribution >= 0.6 is 11.6 Å². The van der Waals surface area contributed by atoms with Crippen molar-refractivity contribution in [3.63, 3.8) is 0 Å². The Labute approximate surface area is 266 Å². The van der Waals surface area contributed by atoms with Crippen molar-refractivity contribution in [2.24, 2.45) is 0 Å². The third-order valence-electron chi connectivity index (χ3n) is 7.65. The predicted molar refractivity (Wildman–Crippen MR) is 170 cm³/mol. The SMILES string of the molecule is [2H]C([2H])=Cc1cccc(F)c1-c1nc2c(cc1Cl)c(N1[C@@H](C)CN(C(=O)C(=C)F)C[C@@H]1C)nc(=O)n2-c1c(C([2H])([2H])[2H])ccnc1C(C)C. The average Bonchev–Trinajstić information content (AvgIpc) is 2.99. The first-order valence-corrected chi connectivity index (χ1v) is 14.3. The summed E-state index contributed by atoms with van der Waals surface area (Å²) in [5.41, 5.74) is -1.14. The number of fused-ring (bicyclic) bond motifs is 1. The van der Waals surface area contributed by atoms with Crippen molar-refractivity contribution in [1.29, 1.82) is 0 Å². The van der Waals surface area contributed by atoms with Gasteiger partial charge in [-0.25, -0.2) is 23.1 Å². The smallest absolute Gasteiger partial charge is 0.347 e.